The molecule has 1 aliphatic heterocycles. The molecule has 0 N–H and O–H groups in total. The maximum atomic E-state index is 11.8. The molecule has 0 bridgehead atoms. The quantitative estimate of drug-likeness (QED) is 0.377. The van der Waals surface area contributed by atoms with Gasteiger partial charge in [-0.15, -0.1) is 11.3 Å². The Kier molecular flexibility index (Phi) is 3.56. The van der Waals surface area contributed by atoms with Gasteiger partial charge in [0.25, 0.3) is 5.69 Å². The number of ether oxygens (including phenoxy) is 1. The number of nitro benzene ring substituents is 1. The van der Waals surface area contributed by atoms with Crippen molar-refractivity contribution in [3.63, 3.8) is 0 Å². The van der Waals surface area contributed by atoms with E-state index in [2.05, 4.69) is 4.99 Å². The summed E-state index contributed by atoms with van der Waals surface area (Å²) in [6.45, 7) is 1.65. The highest BCUT2D eigenvalue weighted by molar-refractivity contribution is 7.10. The zero-order valence-corrected chi connectivity index (χ0v) is 12.3. The van der Waals surface area contributed by atoms with Crippen molar-refractivity contribution in [2.45, 2.75) is 6.92 Å². The third-order valence-electron chi connectivity index (χ3n) is 3.10. The van der Waals surface area contributed by atoms with Gasteiger partial charge in [-0.1, -0.05) is 12.1 Å². The van der Waals surface area contributed by atoms with Crippen molar-refractivity contribution in [3.8, 4) is 0 Å². The van der Waals surface area contributed by atoms with Crippen LogP contribution in [0.15, 0.2) is 46.4 Å². The highest BCUT2D eigenvalue weighted by atomic mass is 32.1. The fourth-order valence-corrected chi connectivity index (χ4v) is 2.63. The highest BCUT2D eigenvalue weighted by Crippen LogP contribution is 2.24. The van der Waals surface area contributed by atoms with Crippen LogP contribution < -0.4 is 0 Å². The Labute approximate surface area is 129 Å². The van der Waals surface area contributed by atoms with Gasteiger partial charge in [0, 0.05) is 22.1 Å². The summed E-state index contributed by atoms with van der Waals surface area (Å²) in [5.41, 5.74) is 1.08. The first-order valence-electron chi connectivity index (χ1n) is 6.36. The number of esters is 1. The Bertz CT molecular complexity index is 822. The van der Waals surface area contributed by atoms with Crippen LogP contribution in [-0.2, 0) is 9.53 Å². The van der Waals surface area contributed by atoms with Crippen molar-refractivity contribution < 1.29 is 14.5 Å². The molecule has 110 valence electrons. The summed E-state index contributed by atoms with van der Waals surface area (Å²) in [5, 5.41) is 12.9. The number of aryl methyl sites for hydroxylation is 1. The summed E-state index contributed by atoms with van der Waals surface area (Å²) in [6.07, 6.45) is 1.63. The van der Waals surface area contributed by atoms with E-state index in [-0.39, 0.29) is 17.3 Å². The Hall–Kier alpha value is -2.80. The first-order chi connectivity index (χ1) is 10.5. The van der Waals surface area contributed by atoms with E-state index >= 15 is 0 Å². The molecule has 2 aromatic rings. The van der Waals surface area contributed by atoms with E-state index in [1.165, 1.54) is 17.4 Å². The molecule has 0 radical (unpaired) electrons. The van der Waals surface area contributed by atoms with Crippen LogP contribution in [0.1, 0.15) is 16.0 Å². The van der Waals surface area contributed by atoms with E-state index in [0.717, 1.165) is 4.88 Å². The number of carbonyl (C=O) groups excluding carboxylic acids is 1. The van der Waals surface area contributed by atoms with Crippen LogP contribution in [0.25, 0.3) is 6.08 Å². The van der Waals surface area contributed by atoms with E-state index in [1.54, 1.807) is 25.1 Å². The number of thiophene rings is 1. The van der Waals surface area contributed by atoms with E-state index in [0.29, 0.717) is 11.1 Å². The van der Waals surface area contributed by atoms with Crippen LogP contribution in [-0.4, -0.2) is 16.8 Å². The topological polar surface area (TPSA) is 81.8 Å². The summed E-state index contributed by atoms with van der Waals surface area (Å²) >= 11 is 1.47. The maximum Gasteiger partial charge on any atom is 0.363 e. The molecule has 3 rings (SSSR count). The molecule has 0 unspecified atom stereocenters. The van der Waals surface area contributed by atoms with Gasteiger partial charge in [0.05, 0.1) is 4.92 Å². The van der Waals surface area contributed by atoms with Gasteiger partial charge in [-0.2, -0.15) is 0 Å². The first kappa shape index (κ1) is 14.2. The third-order valence-corrected chi connectivity index (χ3v) is 3.91. The van der Waals surface area contributed by atoms with Crippen molar-refractivity contribution in [2.24, 2.45) is 4.99 Å². The number of aliphatic imine (C=N–C) groups is 1. The first-order valence-corrected chi connectivity index (χ1v) is 7.24. The molecule has 7 heteroatoms. The van der Waals surface area contributed by atoms with Crippen LogP contribution in [0.4, 0.5) is 5.69 Å². The predicted octanol–water partition coefficient (Wildman–Crippen LogP) is 3.31. The van der Waals surface area contributed by atoms with Gasteiger partial charge >= 0.3 is 5.97 Å². The summed E-state index contributed by atoms with van der Waals surface area (Å²) in [7, 11) is 0. The average molecular weight is 314 g/mol. The van der Waals surface area contributed by atoms with E-state index < -0.39 is 10.9 Å². The Morgan fingerprint density at radius 1 is 1.36 bits per heavy atom. The lowest BCUT2D eigenvalue weighted by molar-refractivity contribution is -0.385. The maximum absolute atomic E-state index is 11.8. The molecule has 2 heterocycles. The number of carbonyl (C=O) groups is 1. The minimum atomic E-state index is -0.563. The lowest BCUT2D eigenvalue weighted by Crippen LogP contribution is -2.06. The molecular weight excluding hydrogens is 304 g/mol. The van der Waals surface area contributed by atoms with Gasteiger partial charge in [-0.3, -0.25) is 10.1 Å². The molecule has 6 nitrogen and oxygen atoms in total. The second kappa shape index (κ2) is 5.53. The Balaban J connectivity index is 1.98. The number of hydrogen-bond donors (Lipinski definition) is 0. The number of rotatable bonds is 3. The van der Waals surface area contributed by atoms with Crippen LogP contribution in [0.2, 0.25) is 0 Å². The third kappa shape index (κ3) is 2.66. The summed E-state index contributed by atoms with van der Waals surface area (Å²) in [5.74, 6) is -0.484. The fourth-order valence-electron chi connectivity index (χ4n) is 1.98. The van der Waals surface area contributed by atoms with Crippen molar-refractivity contribution >= 4 is 35.0 Å². The van der Waals surface area contributed by atoms with Crippen LogP contribution in [0, 0.1) is 17.0 Å². The lowest BCUT2D eigenvalue weighted by Gasteiger charge is -2.01. The highest BCUT2D eigenvalue weighted by Gasteiger charge is 2.25. The minimum absolute atomic E-state index is 0.0352. The van der Waals surface area contributed by atoms with Gasteiger partial charge in [-0.25, -0.2) is 9.79 Å². The Morgan fingerprint density at radius 3 is 2.86 bits per heavy atom. The van der Waals surface area contributed by atoms with Crippen molar-refractivity contribution in [1.82, 2.24) is 0 Å². The second-order valence-electron chi connectivity index (χ2n) is 4.61. The fraction of sp³-hybridized carbons (Fsp3) is 0.0667. The molecule has 0 spiro atoms. The van der Waals surface area contributed by atoms with Crippen molar-refractivity contribution in [3.05, 3.63) is 67.5 Å². The van der Waals surface area contributed by atoms with Gasteiger partial charge in [-0.05, 0) is 30.5 Å². The SMILES string of the molecule is Cc1ccc(C2=NC(=Cc3cccs3)C(=O)O2)cc1[N+](=O)[O-]. The van der Waals surface area contributed by atoms with Crippen LogP contribution >= 0.6 is 11.3 Å². The van der Waals surface area contributed by atoms with Crippen molar-refractivity contribution in [1.29, 1.82) is 0 Å². The van der Waals surface area contributed by atoms with Crippen molar-refractivity contribution in [2.75, 3.05) is 0 Å². The number of hydrogen-bond acceptors (Lipinski definition) is 6. The largest absolute Gasteiger partial charge is 0.402 e. The van der Waals surface area contributed by atoms with E-state index in [4.69, 9.17) is 4.74 Å². The van der Waals surface area contributed by atoms with Gasteiger partial charge in [0.15, 0.2) is 5.70 Å². The molecular formula is C15H10N2O4S. The molecule has 0 aliphatic carbocycles. The number of benzene rings is 1. The molecule has 22 heavy (non-hydrogen) atoms. The average Bonchev–Trinajstić information content (AvgIpc) is 3.10. The zero-order chi connectivity index (χ0) is 15.7. The van der Waals surface area contributed by atoms with Crippen LogP contribution in [0.5, 0.6) is 0 Å². The molecule has 0 amide bonds. The standard InChI is InChI=1S/C15H10N2O4S/c1-9-4-5-10(7-13(9)17(19)20)14-16-12(15(18)21-14)8-11-3-2-6-22-11/h2-8H,1H3. The van der Waals surface area contributed by atoms with Gasteiger partial charge < -0.3 is 4.74 Å². The summed E-state index contributed by atoms with van der Waals surface area (Å²) in [4.78, 5) is 27.4. The molecule has 0 saturated heterocycles. The van der Waals surface area contributed by atoms with E-state index in [9.17, 15) is 14.9 Å². The summed E-state index contributed by atoms with van der Waals surface area (Å²) < 4.78 is 5.11. The number of nitro groups is 1. The predicted molar refractivity (Wildman–Crippen MR) is 82.8 cm³/mol. The summed E-state index contributed by atoms with van der Waals surface area (Å²) in [6, 6.07) is 8.32. The lowest BCUT2D eigenvalue weighted by atomic mass is 10.1. The molecule has 0 saturated carbocycles. The second-order valence-corrected chi connectivity index (χ2v) is 5.59. The monoisotopic (exact) mass is 314 g/mol. The molecule has 1 aromatic carbocycles. The van der Waals surface area contributed by atoms with Gasteiger partial charge in [0.1, 0.15) is 0 Å². The van der Waals surface area contributed by atoms with Crippen LogP contribution in [0.3, 0.4) is 0 Å². The molecule has 0 fully saturated rings. The Morgan fingerprint density at radius 2 is 2.18 bits per heavy atom. The normalized spacial score (nSPS) is 15.8. The number of cyclic esters (lactones) is 1. The minimum Gasteiger partial charge on any atom is -0.402 e. The molecule has 1 aromatic heterocycles. The smallest absolute Gasteiger partial charge is 0.363 e. The van der Waals surface area contributed by atoms with E-state index in [1.807, 2.05) is 17.5 Å². The van der Waals surface area contributed by atoms with Gasteiger partial charge in [0.2, 0.25) is 5.90 Å². The zero-order valence-electron chi connectivity index (χ0n) is 11.5. The molecule has 0 atom stereocenters. The number of nitrogens with zero attached hydrogens (tertiary/aromatic N) is 2. The molecule has 1 aliphatic rings.